The Balaban J connectivity index is 1.55. The van der Waals surface area contributed by atoms with Crippen molar-refractivity contribution in [3.05, 3.63) is 35.9 Å². The van der Waals surface area contributed by atoms with Crippen LogP contribution in [0, 0.1) is 0 Å². The number of hydrogen-bond donors (Lipinski definition) is 1. The maximum Gasteiger partial charge on any atom is 0.186 e. The SMILES string of the molecule is O[C@@H]1[C@@H](OCc2ccccc2)OC[C@@H]2O[C@H]12. The highest BCUT2D eigenvalue weighted by atomic mass is 16.7. The molecule has 0 saturated carbocycles. The van der Waals surface area contributed by atoms with Crippen molar-refractivity contribution >= 4 is 0 Å². The van der Waals surface area contributed by atoms with Gasteiger partial charge in [-0.3, -0.25) is 0 Å². The summed E-state index contributed by atoms with van der Waals surface area (Å²) in [6, 6.07) is 9.82. The van der Waals surface area contributed by atoms with Gasteiger partial charge in [0.15, 0.2) is 6.29 Å². The van der Waals surface area contributed by atoms with Crippen LogP contribution in [0.3, 0.4) is 0 Å². The van der Waals surface area contributed by atoms with Crippen LogP contribution in [0.1, 0.15) is 5.56 Å². The fourth-order valence-electron chi connectivity index (χ4n) is 1.93. The molecule has 4 nitrogen and oxygen atoms in total. The van der Waals surface area contributed by atoms with Gasteiger partial charge in [-0.15, -0.1) is 0 Å². The zero-order chi connectivity index (χ0) is 11.0. The fourth-order valence-corrected chi connectivity index (χ4v) is 1.93. The van der Waals surface area contributed by atoms with Gasteiger partial charge in [-0.25, -0.2) is 0 Å². The van der Waals surface area contributed by atoms with Crippen LogP contribution < -0.4 is 0 Å². The molecule has 2 aliphatic rings. The first-order valence-electron chi connectivity index (χ1n) is 5.45. The summed E-state index contributed by atoms with van der Waals surface area (Å²) in [6.45, 7) is 0.959. The Hall–Kier alpha value is -0.940. The summed E-state index contributed by atoms with van der Waals surface area (Å²) in [5.74, 6) is 0. The number of ether oxygens (including phenoxy) is 3. The Bertz CT molecular complexity index is 353. The molecule has 0 unspecified atom stereocenters. The lowest BCUT2D eigenvalue weighted by molar-refractivity contribution is -0.211. The third-order valence-corrected chi connectivity index (χ3v) is 2.92. The molecular weight excluding hydrogens is 208 g/mol. The summed E-state index contributed by atoms with van der Waals surface area (Å²) in [4.78, 5) is 0. The van der Waals surface area contributed by atoms with E-state index in [1.807, 2.05) is 30.3 Å². The highest BCUT2D eigenvalue weighted by Crippen LogP contribution is 2.33. The van der Waals surface area contributed by atoms with E-state index in [0.717, 1.165) is 5.56 Å². The summed E-state index contributed by atoms with van der Waals surface area (Å²) in [5, 5.41) is 9.78. The van der Waals surface area contributed by atoms with Crippen molar-refractivity contribution in [2.75, 3.05) is 6.61 Å². The largest absolute Gasteiger partial charge is 0.385 e. The average molecular weight is 222 g/mol. The molecule has 0 aliphatic carbocycles. The molecule has 2 aliphatic heterocycles. The number of aliphatic hydroxyl groups is 1. The van der Waals surface area contributed by atoms with Crippen LogP contribution in [0.15, 0.2) is 30.3 Å². The number of fused-ring (bicyclic) bond motifs is 1. The molecule has 1 aromatic carbocycles. The third kappa shape index (κ3) is 1.97. The number of epoxide rings is 1. The van der Waals surface area contributed by atoms with Crippen molar-refractivity contribution in [1.29, 1.82) is 0 Å². The second-order valence-corrected chi connectivity index (χ2v) is 4.13. The standard InChI is InChI=1S/C12H14O4/c13-10-11-9(16-11)7-15-12(10)14-6-8-4-2-1-3-5-8/h1-5,9-13H,6-7H2/t9-,10-,11-,12-/m0/s1. The van der Waals surface area contributed by atoms with E-state index in [9.17, 15) is 5.11 Å². The Labute approximate surface area is 93.7 Å². The van der Waals surface area contributed by atoms with Crippen LogP contribution in [0.4, 0.5) is 0 Å². The van der Waals surface area contributed by atoms with E-state index >= 15 is 0 Å². The minimum atomic E-state index is -0.664. The quantitative estimate of drug-likeness (QED) is 0.764. The van der Waals surface area contributed by atoms with Gasteiger partial charge in [0, 0.05) is 0 Å². The maximum absolute atomic E-state index is 9.78. The third-order valence-electron chi connectivity index (χ3n) is 2.92. The molecule has 1 N–H and O–H groups in total. The molecule has 3 rings (SSSR count). The van der Waals surface area contributed by atoms with Crippen molar-refractivity contribution in [3.8, 4) is 0 Å². The van der Waals surface area contributed by atoms with Gasteiger partial charge < -0.3 is 19.3 Å². The summed E-state index contributed by atoms with van der Waals surface area (Å²) in [7, 11) is 0. The van der Waals surface area contributed by atoms with Crippen molar-refractivity contribution in [2.24, 2.45) is 0 Å². The Morgan fingerprint density at radius 3 is 2.94 bits per heavy atom. The summed E-state index contributed by atoms with van der Waals surface area (Å²) >= 11 is 0. The second-order valence-electron chi connectivity index (χ2n) is 4.13. The first-order chi connectivity index (χ1) is 7.84. The lowest BCUT2D eigenvalue weighted by Gasteiger charge is -2.25. The van der Waals surface area contributed by atoms with E-state index in [1.54, 1.807) is 0 Å². The molecule has 0 radical (unpaired) electrons. The zero-order valence-corrected chi connectivity index (χ0v) is 8.78. The maximum atomic E-state index is 9.78. The van der Waals surface area contributed by atoms with Gasteiger partial charge in [-0.05, 0) is 5.56 Å². The Morgan fingerprint density at radius 1 is 1.31 bits per heavy atom. The minimum absolute atomic E-state index is 0.0755. The number of aliphatic hydroxyl groups excluding tert-OH is 1. The van der Waals surface area contributed by atoms with Crippen molar-refractivity contribution in [2.45, 2.75) is 31.2 Å². The van der Waals surface area contributed by atoms with Gasteiger partial charge in [0.1, 0.15) is 18.3 Å². The molecule has 16 heavy (non-hydrogen) atoms. The van der Waals surface area contributed by atoms with Gasteiger partial charge in [-0.2, -0.15) is 0 Å². The van der Waals surface area contributed by atoms with Crippen LogP contribution in [0.5, 0.6) is 0 Å². The van der Waals surface area contributed by atoms with Crippen molar-refractivity contribution in [3.63, 3.8) is 0 Å². The molecule has 4 atom stereocenters. The monoisotopic (exact) mass is 222 g/mol. The zero-order valence-electron chi connectivity index (χ0n) is 8.78. The van der Waals surface area contributed by atoms with Crippen LogP contribution in [-0.2, 0) is 20.8 Å². The van der Waals surface area contributed by atoms with Gasteiger partial charge in [0.25, 0.3) is 0 Å². The molecule has 0 aromatic heterocycles. The van der Waals surface area contributed by atoms with Crippen LogP contribution >= 0.6 is 0 Å². The molecule has 0 amide bonds. The predicted octanol–water partition coefficient (Wildman–Crippen LogP) is 0.688. The smallest absolute Gasteiger partial charge is 0.186 e. The average Bonchev–Trinajstić information content (AvgIpc) is 3.10. The second kappa shape index (κ2) is 4.14. The predicted molar refractivity (Wildman–Crippen MR) is 55.6 cm³/mol. The molecule has 1 aromatic rings. The Kier molecular flexibility index (Phi) is 2.65. The van der Waals surface area contributed by atoms with Crippen LogP contribution in [0.25, 0.3) is 0 Å². The van der Waals surface area contributed by atoms with E-state index in [0.29, 0.717) is 13.2 Å². The normalized spacial score (nSPS) is 36.8. The first kappa shape index (κ1) is 10.2. The summed E-state index contributed by atoms with van der Waals surface area (Å²) < 4.78 is 16.1. The van der Waals surface area contributed by atoms with Gasteiger partial charge in [0.05, 0.1) is 13.2 Å². The summed E-state index contributed by atoms with van der Waals surface area (Å²) in [6.07, 6.45) is -1.24. The fraction of sp³-hybridized carbons (Fsp3) is 0.500. The lowest BCUT2D eigenvalue weighted by atomic mass is 10.1. The van der Waals surface area contributed by atoms with E-state index in [4.69, 9.17) is 14.2 Å². The molecule has 4 heteroatoms. The summed E-state index contributed by atoms with van der Waals surface area (Å²) in [5.41, 5.74) is 1.07. The van der Waals surface area contributed by atoms with Crippen molar-refractivity contribution in [1.82, 2.24) is 0 Å². The minimum Gasteiger partial charge on any atom is -0.385 e. The molecule has 0 spiro atoms. The lowest BCUT2D eigenvalue weighted by Crippen LogP contribution is -2.41. The molecule has 2 heterocycles. The van der Waals surface area contributed by atoms with Gasteiger partial charge >= 0.3 is 0 Å². The van der Waals surface area contributed by atoms with E-state index in [1.165, 1.54) is 0 Å². The molecule has 2 fully saturated rings. The Morgan fingerprint density at radius 2 is 2.12 bits per heavy atom. The molecule has 2 saturated heterocycles. The number of hydrogen-bond acceptors (Lipinski definition) is 4. The van der Waals surface area contributed by atoms with E-state index in [2.05, 4.69) is 0 Å². The number of rotatable bonds is 3. The van der Waals surface area contributed by atoms with Crippen molar-refractivity contribution < 1.29 is 19.3 Å². The number of benzene rings is 1. The first-order valence-corrected chi connectivity index (χ1v) is 5.45. The molecule has 86 valence electrons. The van der Waals surface area contributed by atoms with E-state index < -0.39 is 12.4 Å². The van der Waals surface area contributed by atoms with Gasteiger partial charge in [0.2, 0.25) is 0 Å². The van der Waals surface area contributed by atoms with E-state index in [-0.39, 0.29) is 12.2 Å². The highest BCUT2D eigenvalue weighted by molar-refractivity contribution is 5.13. The van der Waals surface area contributed by atoms with Crippen LogP contribution in [-0.4, -0.2) is 36.3 Å². The van der Waals surface area contributed by atoms with Crippen LogP contribution in [0.2, 0.25) is 0 Å². The highest BCUT2D eigenvalue weighted by Gasteiger charge is 2.52. The topological polar surface area (TPSA) is 51.2 Å². The molecular formula is C12H14O4. The van der Waals surface area contributed by atoms with Gasteiger partial charge in [-0.1, -0.05) is 30.3 Å². The molecule has 0 bridgehead atoms.